The molecule has 1 heteroatoms. The van der Waals surface area contributed by atoms with Gasteiger partial charge in [0.1, 0.15) is 0 Å². The third kappa shape index (κ3) is 5.09. The molecular formula is C68H43N. The first-order chi connectivity index (χ1) is 34.2. The molecule has 0 heterocycles. The molecule has 15 rings (SSSR count). The second-order valence-corrected chi connectivity index (χ2v) is 19.1. The summed E-state index contributed by atoms with van der Waals surface area (Å²) in [4.78, 5) is 2.55. The van der Waals surface area contributed by atoms with Gasteiger partial charge in [-0.25, -0.2) is 0 Å². The van der Waals surface area contributed by atoms with Crippen molar-refractivity contribution >= 4 is 17.1 Å². The Labute approximate surface area is 402 Å². The predicted octanol–water partition coefficient (Wildman–Crippen LogP) is 17.2. The van der Waals surface area contributed by atoms with Crippen LogP contribution in [0.3, 0.4) is 0 Å². The fourth-order valence-corrected chi connectivity index (χ4v) is 13.2. The van der Waals surface area contributed by atoms with Gasteiger partial charge in [-0.15, -0.1) is 0 Å². The monoisotopic (exact) mass is 873 g/mol. The Morgan fingerprint density at radius 2 is 0.464 bits per heavy atom. The number of hydrogen-bond donors (Lipinski definition) is 0. The van der Waals surface area contributed by atoms with E-state index in [1.54, 1.807) is 0 Å². The van der Waals surface area contributed by atoms with Crippen LogP contribution >= 0.6 is 0 Å². The lowest BCUT2D eigenvalue weighted by Crippen LogP contribution is -2.26. The second kappa shape index (κ2) is 14.4. The van der Waals surface area contributed by atoms with Gasteiger partial charge in [0.2, 0.25) is 0 Å². The third-order valence-electron chi connectivity index (χ3n) is 15.9. The van der Waals surface area contributed by atoms with Crippen LogP contribution < -0.4 is 4.90 Å². The van der Waals surface area contributed by atoms with Gasteiger partial charge in [-0.2, -0.15) is 0 Å². The molecule has 0 bridgehead atoms. The molecule has 0 radical (unpaired) electrons. The quantitative estimate of drug-likeness (QED) is 0.167. The Kier molecular flexibility index (Phi) is 7.98. The van der Waals surface area contributed by atoms with Crippen LogP contribution in [0.4, 0.5) is 17.1 Å². The maximum absolute atomic E-state index is 2.55. The molecule has 0 saturated carbocycles. The molecule has 2 spiro atoms. The summed E-state index contributed by atoms with van der Waals surface area (Å²) in [6, 6.07) is 98.1. The minimum Gasteiger partial charge on any atom is -0.310 e. The zero-order valence-corrected chi connectivity index (χ0v) is 37.8. The molecule has 0 aromatic heterocycles. The normalized spacial score (nSPS) is 14.0. The van der Waals surface area contributed by atoms with Gasteiger partial charge >= 0.3 is 0 Å². The smallest absolute Gasteiger partial charge is 0.0726 e. The molecule has 11 aromatic rings. The highest BCUT2D eigenvalue weighted by molar-refractivity contribution is 5.99. The summed E-state index contributed by atoms with van der Waals surface area (Å²) < 4.78 is 0. The van der Waals surface area contributed by atoms with Gasteiger partial charge in [-0.1, -0.05) is 218 Å². The lowest BCUT2D eigenvalue weighted by atomic mass is 9.70. The number of anilines is 3. The zero-order chi connectivity index (χ0) is 45.3. The first-order valence-corrected chi connectivity index (χ1v) is 24.2. The van der Waals surface area contributed by atoms with Crippen LogP contribution in [-0.4, -0.2) is 0 Å². The Bertz CT molecular complexity index is 3540. The van der Waals surface area contributed by atoms with Gasteiger partial charge in [0.05, 0.1) is 10.8 Å². The van der Waals surface area contributed by atoms with Crippen molar-refractivity contribution in [2.24, 2.45) is 0 Å². The molecule has 1 nitrogen and oxygen atoms in total. The summed E-state index contributed by atoms with van der Waals surface area (Å²) >= 11 is 0. The molecule has 4 aliphatic carbocycles. The van der Waals surface area contributed by atoms with Gasteiger partial charge in [-0.3, -0.25) is 0 Å². The fraction of sp³-hybridized carbons (Fsp3) is 0.0294. The number of benzene rings is 11. The van der Waals surface area contributed by atoms with Gasteiger partial charge in [0.15, 0.2) is 0 Å². The highest BCUT2D eigenvalue weighted by atomic mass is 15.1. The van der Waals surface area contributed by atoms with Crippen molar-refractivity contribution in [3.8, 4) is 66.8 Å². The third-order valence-corrected chi connectivity index (χ3v) is 15.9. The highest BCUT2D eigenvalue weighted by Crippen LogP contribution is 2.65. The summed E-state index contributed by atoms with van der Waals surface area (Å²) in [7, 11) is 0. The minimum absolute atomic E-state index is 0.483. The van der Waals surface area contributed by atoms with E-state index in [0.29, 0.717) is 0 Å². The van der Waals surface area contributed by atoms with Crippen molar-refractivity contribution in [3.63, 3.8) is 0 Å². The molecule has 0 fully saturated rings. The van der Waals surface area contributed by atoms with E-state index >= 15 is 0 Å². The zero-order valence-electron chi connectivity index (χ0n) is 37.8. The predicted molar refractivity (Wildman–Crippen MR) is 285 cm³/mol. The number of nitrogens with zero attached hydrogens (tertiary/aromatic N) is 1. The van der Waals surface area contributed by atoms with E-state index in [0.717, 1.165) is 17.1 Å². The molecule has 0 saturated heterocycles. The highest BCUT2D eigenvalue weighted by Gasteiger charge is 2.53. The SMILES string of the molecule is c1ccc(-c2cc(-c3ccccc3)cc(N(c3ccc4c(c3)C3(c5ccccc5-c5ccccc53)c3ccccc3-4)c3ccc4c(c3)C3(c5ccccc5-c5ccccc53)c3ccccc3-4)c2)cc1. The Morgan fingerprint density at radius 1 is 0.188 bits per heavy atom. The Morgan fingerprint density at radius 3 is 0.783 bits per heavy atom. The maximum atomic E-state index is 2.55. The van der Waals surface area contributed by atoms with Crippen molar-refractivity contribution in [1.82, 2.24) is 0 Å². The van der Waals surface area contributed by atoms with Crippen LogP contribution in [0.2, 0.25) is 0 Å². The van der Waals surface area contributed by atoms with Crippen LogP contribution in [0, 0.1) is 0 Å². The maximum Gasteiger partial charge on any atom is 0.0726 e. The van der Waals surface area contributed by atoms with E-state index in [2.05, 4.69) is 266 Å². The van der Waals surface area contributed by atoms with E-state index < -0.39 is 10.8 Å². The Balaban J connectivity index is 1.04. The summed E-state index contributed by atoms with van der Waals surface area (Å²) in [6.07, 6.45) is 0. The second-order valence-electron chi connectivity index (χ2n) is 19.1. The molecule has 0 unspecified atom stereocenters. The van der Waals surface area contributed by atoms with Crippen LogP contribution in [0.25, 0.3) is 66.8 Å². The first-order valence-electron chi connectivity index (χ1n) is 24.2. The van der Waals surface area contributed by atoms with Crippen LogP contribution in [-0.2, 0) is 10.8 Å². The molecule has 69 heavy (non-hydrogen) atoms. The molecule has 0 amide bonds. The van der Waals surface area contributed by atoms with Crippen molar-refractivity contribution in [1.29, 1.82) is 0 Å². The van der Waals surface area contributed by atoms with Crippen LogP contribution in [0.5, 0.6) is 0 Å². The average Bonchev–Trinajstić information content (AvgIpc) is 4.10. The van der Waals surface area contributed by atoms with Gasteiger partial charge in [-0.05, 0) is 154 Å². The molecular weight excluding hydrogens is 831 g/mol. The molecule has 320 valence electrons. The summed E-state index contributed by atoms with van der Waals surface area (Å²) in [5.74, 6) is 0. The summed E-state index contributed by atoms with van der Waals surface area (Å²) in [6.45, 7) is 0. The largest absolute Gasteiger partial charge is 0.310 e. The van der Waals surface area contributed by atoms with Gasteiger partial charge < -0.3 is 4.90 Å². The van der Waals surface area contributed by atoms with E-state index in [9.17, 15) is 0 Å². The first kappa shape index (κ1) is 38.3. The molecule has 11 aromatic carbocycles. The summed E-state index contributed by atoms with van der Waals surface area (Å²) in [5.41, 5.74) is 28.1. The lowest BCUT2D eigenvalue weighted by Gasteiger charge is -2.33. The minimum atomic E-state index is -0.483. The molecule has 0 atom stereocenters. The lowest BCUT2D eigenvalue weighted by molar-refractivity contribution is 0.792. The van der Waals surface area contributed by atoms with Crippen molar-refractivity contribution in [2.75, 3.05) is 4.90 Å². The van der Waals surface area contributed by atoms with Crippen LogP contribution in [0.15, 0.2) is 261 Å². The van der Waals surface area contributed by atoms with E-state index in [4.69, 9.17) is 0 Å². The van der Waals surface area contributed by atoms with Crippen molar-refractivity contribution in [3.05, 3.63) is 305 Å². The Hall–Kier alpha value is -8.78. The van der Waals surface area contributed by atoms with E-state index in [-0.39, 0.29) is 0 Å². The van der Waals surface area contributed by atoms with Crippen LogP contribution in [0.1, 0.15) is 44.5 Å². The van der Waals surface area contributed by atoms with Gasteiger partial charge in [0, 0.05) is 17.1 Å². The molecule has 0 N–H and O–H groups in total. The van der Waals surface area contributed by atoms with E-state index in [1.165, 1.54) is 111 Å². The van der Waals surface area contributed by atoms with E-state index in [1.807, 2.05) is 0 Å². The molecule has 0 aliphatic heterocycles. The summed E-state index contributed by atoms with van der Waals surface area (Å²) in [5, 5.41) is 0. The average molecular weight is 874 g/mol. The number of fused-ring (bicyclic) bond motifs is 20. The number of hydrogen-bond acceptors (Lipinski definition) is 1. The van der Waals surface area contributed by atoms with Crippen molar-refractivity contribution < 1.29 is 0 Å². The van der Waals surface area contributed by atoms with Gasteiger partial charge in [0.25, 0.3) is 0 Å². The number of rotatable bonds is 5. The standard InChI is InChI=1S/C68H43N/c1-3-19-44(20-4-1)46-39-47(45-21-5-2-6-22-45)41-50(40-46)69(48-35-37-57-55-27-11-17-33-63(55)67(65(57)42-48)59-29-13-7-23-51(59)52-24-8-14-30-60(52)67)49-36-38-58-56-28-12-18-34-64(56)68(66(58)43-49)61-31-15-9-25-53(61)54-26-10-16-32-62(54)68/h1-43H. The molecule has 4 aliphatic rings. The topological polar surface area (TPSA) is 3.24 Å². The van der Waals surface area contributed by atoms with Crippen molar-refractivity contribution in [2.45, 2.75) is 10.8 Å². The fourth-order valence-electron chi connectivity index (χ4n) is 13.2.